The molecule has 2 rings (SSSR count). The van der Waals surface area contributed by atoms with Gasteiger partial charge in [-0.2, -0.15) is 0 Å². The van der Waals surface area contributed by atoms with Gasteiger partial charge in [0.2, 0.25) is 0 Å². The first kappa shape index (κ1) is 15.2. The Labute approximate surface area is 119 Å². The predicted molar refractivity (Wildman–Crippen MR) is 74.4 cm³/mol. The van der Waals surface area contributed by atoms with Gasteiger partial charge >= 0.3 is 0 Å². The van der Waals surface area contributed by atoms with Gasteiger partial charge in [-0.3, -0.25) is 4.90 Å². The third kappa shape index (κ3) is 3.29. The van der Waals surface area contributed by atoms with E-state index >= 15 is 0 Å². The highest BCUT2D eigenvalue weighted by molar-refractivity contribution is 5.36. The summed E-state index contributed by atoms with van der Waals surface area (Å²) in [5.74, 6) is 0.0838. The number of ether oxygens (including phenoxy) is 2. The zero-order valence-corrected chi connectivity index (χ0v) is 12.2. The number of rotatable bonds is 4. The second-order valence-corrected chi connectivity index (χ2v) is 5.33. The first-order chi connectivity index (χ1) is 9.52. The molecule has 1 heterocycles. The number of morpholine rings is 1. The van der Waals surface area contributed by atoms with Crippen LogP contribution in [0.4, 0.5) is 4.39 Å². The van der Waals surface area contributed by atoms with Crippen LogP contribution in [0.25, 0.3) is 0 Å². The average molecular weight is 283 g/mol. The highest BCUT2D eigenvalue weighted by atomic mass is 19.1. The molecule has 1 aromatic carbocycles. The number of benzene rings is 1. The van der Waals surface area contributed by atoms with E-state index in [1.165, 1.54) is 25.3 Å². The fourth-order valence-corrected chi connectivity index (χ4v) is 2.49. The van der Waals surface area contributed by atoms with Crippen LogP contribution in [-0.4, -0.2) is 49.0 Å². The van der Waals surface area contributed by atoms with Gasteiger partial charge in [0.25, 0.3) is 0 Å². The summed E-state index contributed by atoms with van der Waals surface area (Å²) in [5.41, 5.74) is 0.433. The van der Waals surface area contributed by atoms with Crippen molar-refractivity contribution in [2.24, 2.45) is 0 Å². The van der Waals surface area contributed by atoms with E-state index in [4.69, 9.17) is 9.47 Å². The lowest BCUT2D eigenvalue weighted by Gasteiger charge is -2.37. The molecule has 0 spiro atoms. The monoisotopic (exact) mass is 283 g/mol. The van der Waals surface area contributed by atoms with Crippen molar-refractivity contribution < 1.29 is 19.0 Å². The Kier molecular flexibility index (Phi) is 4.96. The Morgan fingerprint density at radius 3 is 2.85 bits per heavy atom. The van der Waals surface area contributed by atoms with Gasteiger partial charge in [0.1, 0.15) is 23.8 Å². The summed E-state index contributed by atoms with van der Waals surface area (Å²) < 4.78 is 24.2. The van der Waals surface area contributed by atoms with E-state index in [1.807, 2.05) is 0 Å². The molecular weight excluding hydrogens is 261 g/mol. The van der Waals surface area contributed by atoms with Crippen molar-refractivity contribution in [3.05, 3.63) is 29.6 Å². The SMILES string of the molecule is COc1ccc(F)cc1C(O)C1CN(C(C)C)CCO1. The number of aliphatic hydroxyl groups excluding tert-OH is 1. The summed E-state index contributed by atoms with van der Waals surface area (Å²) in [6, 6.07) is 4.54. The second kappa shape index (κ2) is 6.52. The molecule has 4 nitrogen and oxygen atoms in total. The van der Waals surface area contributed by atoms with Crippen molar-refractivity contribution in [1.29, 1.82) is 0 Å². The van der Waals surface area contributed by atoms with Crippen LogP contribution in [-0.2, 0) is 4.74 Å². The molecule has 0 saturated carbocycles. The van der Waals surface area contributed by atoms with E-state index in [9.17, 15) is 9.50 Å². The van der Waals surface area contributed by atoms with Crippen molar-refractivity contribution in [3.8, 4) is 5.75 Å². The number of hydrogen-bond donors (Lipinski definition) is 1. The maximum atomic E-state index is 13.4. The highest BCUT2D eigenvalue weighted by Crippen LogP contribution is 2.30. The lowest BCUT2D eigenvalue weighted by molar-refractivity contribution is -0.0966. The molecule has 0 amide bonds. The average Bonchev–Trinajstić information content (AvgIpc) is 2.46. The van der Waals surface area contributed by atoms with Gasteiger partial charge in [-0.25, -0.2) is 4.39 Å². The molecule has 1 aliphatic heterocycles. The standard InChI is InChI=1S/C15H22FNO3/c1-10(2)17-6-7-20-14(9-17)15(18)12-8-11(16)4-5-13(12)19-3/h4-5,8,10,14-15,18H,6-7,9H2,1-3H3. The van der Waals surface area contributed by atoms with Crippen LogP contribution in [0.5, 0.6) is 5.75 Å². The van der Waals surface area contributed by atoms with Gasteiger partial charge in [-0.15, -0.1) is 0 Å². The van der Waals surface area contributed by atoms with Crippen LogP contribution >= 0.6 is 0 Å². The van der Waals surface area contributed by atoms with Crippen LogP contribution < -0.4 is 4.74 Å². The van der Waals surface area contributed by atoms with E-state index in [0.29, 0.717) is 30.5 Å². The minimum absolute atomic E-state index is 0.373. The Morgan fingerprint density at radius 2 is 2.20 bits per heavy atom. The number of methoxy groups -OCH3 is 1. The topological polar surface area (TPSA) is 41.9 Å². The maximum Gasteiger partial charge on any atom is 0.124 e. The van der Waals surface area contributed by atoms with Crippen molar-refractivity contribution in [3.63, 3.8) is 0 Å². The molecular formula is C15H22FNO3. The Hall–Kier alpha value is -1.17. The lowest BCUT2D eigenvalue weighted by Crippen LogP contribution is -2.47. The molecule has 0 aliphatic carbocycles. The zero-order chi connectivity index (χ0) is 14.7. The number of hydrogen-bond acceptors (Lipinski definition) is 4. The number of nitrogens with zero attached hydrogens (tertiary/aromatic N) is 1. The normalized spacial score (nSPS) is 22.0. The summed E-state index contributed by atoms with van der Waals surface area (Å²) in [5, 5.41) is 10.5. The van der Waals surface area contributed by atoms with Gasteiger partial charge in [0, 0.05) is 24.7 Å². The van der Waals surface area contributed by atoms with Gasteiger partial charge < -0.3 is 14.6 Å². The van der Waals surface area contributed by atoms with E-state index in [2.05, 4.69) is 18.7 Å². The van der Waals surface area contributed by atoms with Crippen LogP contribution in [0.1, 0.15) is 25.5 Å². The molecule has 112 valence electrons. The first-order valence-corrected chi connectivity index (χ1v) is 6.90. The van der Waals surface area contributed by atoms with E-state index in [0.717, 1.165) is 6.54 Å². The first-order valence-electron chi connectivity index (χ1n) is 6.90. The Balaban J connectivity index is 2.18. The Morgan fingerprint density at radius 1 is 1.45 bits per heavy atom. The quantitative estimate of drug-likeness (QED) is 0.917. The largest absolute Gasteiger partial charge is 0.496 e. The van der Waals surface area contributed by atoms with Crippen LogP contribution in [0.15, 0.2) is 18.2 Å². The molecule has 1 saturated heterocycles. The molecule has 1 fully saturated rings. The van der Waals surface area contributed by atoms with Crippen LogP contribution in [0, 0.1) is 5.82 Å². The van der Waals surface area contributed by atoms with E-state index in [1.54, 1.807) is 0 Å². The molecule has 0 bridgehead atoms. The van der Waals surface area contributed by atoms with Crippen LogP contribution in [0.3, 0.4) is 0 Å². The molecule has 1 aromatic rings. The molecule has 20 heavy (non-hydrogen) atoms. The second-order valence-electron chi connectivity index (χ2n) is 5.33. The summed E-state index contributed by atoms with van der Waals surface area (Å²) in [4.78, 5) is 2.24. The van der Waals surface area contributed by atoms with Crippen molar-refractivity contribution in [2.45, 2.75) is 32.1 Å². The molecule has 5 heteroatoms. The highest BCUT2D eigenvalue weighted by Gasteiger charge is 2.30. The number of halogens is 1. The summed E-state index contributed by atoms with van der Waals surface area (Å²) in [6.45, 7) is 6.26. The van der Waals surface area contributed by atoms with Crippen LogP contribution in [0.2, 0.25) is 0 Å². The minimum atomic E-state index is -0.901. The minimum Gasteiger partial charge on any atom is -0.496 e. The molecule has 1 aliphatic rings. The van der Waals surface area contributed by atoms with Crippen molar-refractivity contribution in [2.75, 3.05) is 26.8 Å². The zero-order valence-electron chi connectivity index (χ0n) is 12.2. The van der Waals surface area contributed by atoms with Gasteiger partial charge in [-0.05, 0) is 32.0 Å². The Bertz CT molecular complexity index is 453. The molecule has 2 atom stereocenters. The summed E-state index contributed by atoms with van der Waals surface area (Å²) in [7, 11) is 1.51. The molecule has 0 radical (unpaired) electrons. The lowest BCUT2D eigenvalue weighted by atomic mass is 10.0. The smallest absolute Gasteiger partial charge is 0.124 e. The summed E-state index contributed by atoms with van der Waals surface area (Å²) >= 11 is 0. The fraction of sp³-hybridized carbons (Fsp3) is 0.600. The van der Waals surface area contributed by atoms with Gasteiger partial charge in [-0.1, -0.05) is 0 Å². The third-order valence-corrected chi connectivity index (χ3v) is 3.72. The maximum absolute atomic E-state index is 13.4. The molecule has 1 N–H and O–H groups in total. The van der Waals surface area contributed by atoms with E-state index in [-0.39, 0.29) is 6.10 Å². The van der Waals surface area contributed by atoms with Crippen molar-refractivity contribution >= 4 is 0 Å². The van der Waals surface area contributed by atoms with Gasteiger partial charge in [0.05, 0.1) is 13.7 Å². The predicted octanol–water partition coefficient (Wildman–Crippen LogP) is 1.98. The molecule has 2 unspecified atom stereocenters. The third-order valence-electron chi connectivity index (χ3n) is 3.72. The molecule has 0 aromatic heterocycles. The number of aliphatic hydroxyl groups is 1. The summed E-state index contributed by atoms with van der Waals surface area (Å²) in [6.07, 6.45) is -1.27. The van der Waals surface area contributed by atoms with Gasteiger partial charge in [0.15, 0.2) is 0 Å². The fourth-order valence-electron chi connectivity index (χ4n) is 2.49. The van der Waals surface area contributed by atoms with E-state index < -0.39 is 11.9 Å². The van der Waals surface area contributed by atoms with Crippen molar-refractivity contribution in [1.82, 2.24) is 4.90 Å².